The number of nitrogens with one attached hydrogen (secondary N) is 1. The molecule has 0 bridgehead atoms. The van der Waals surface area contributed by atoms with E-state index in [-0.39, 0.29) is 29.9 Å². The van der Waals surface area contributed by atoms with Crippen molar-refractivity contribution in [3.05, 3.63) is 71.3 Å². The average molecular weight is 532 g/mol. The van der Waals surface area contributed by atoms with Crippen LogP contribution in [0.4, 0.5) is 0 Å². The van der Waals surface area contributed by atoms with Crippen LogP contribution in [-0.4, -0.2) is 47.8 Å². The van der Waals surface area contributed by atoms with Crippen molar-refractivity contribution >= 4 is 35.8 Å². The van der Waals surface area contributed by atoms with Gasteiger partial charge < -0.3 is 15.1 Å². The smallest absolute Gasteiger partial charge is 0.222 e. The first-order chi connectivity index (χ1) is 14.7. The van der Waals surface area contributed by atoms with Crippen LogP contribution in [0.5, 0.6) is 0 Å². The van der Waals surface area contributed by atoms with Crippen LogP contribution in [0, 0.1) is 0 Å². The lowest BCUT2D eigenvalue weighted by molar-refractivity contribution is -0.128. The van der Waals surface area contributed by atoms with E-state index in [0.717, 1.165) is 45.0 Å². The molecule has 0 aromatic heterocycles. The second-order valence-electron chi connectivity index (χ2n) is 8.20. The summed E-state index contributed by atoms with van der Waals surface area (Å²) < 4.78 is 0. The van der Waals surface area contributed by atoms with Crippen molar-refractivity contribution in [3.8, 4) is 0 Å². The first-order valence-electron chi connectivity index (χ1n) is 11.2. The van der Waals surface area contributed by atoms with E-state index in [9.17, 15) is 4.79 Å². The van der Waals surface area contributed by atoms with Crippen LogP contribution in [0.3, 0.4) is 0 Å². The Bertz CT molecular complexity index is 886. The predicted octanol–water partition coefficient (Wildman–Crippen LogP) is 4.38. The summed E-state index contributed by atoms with van der Waals surface area (Å²) in [5.74, 6) is 1.82. The summed E-state index contributed by atoms with van der Waals surface area (Å²) in [6, 6.07) is 19.2. The van der Waals surface area contributed by atoms with Gasteiger partial charge in [0.25, 0.3) is 0 Å². The molecule has 166 valence electrons. The number of hydrogen-bond donors (Lipinski definition) is 1. The molecule has 6 heteroatoms. The number of carbonyl (C=O) groups excluding carboxylic acids is 1. The van der Waals surface area contributed by atoms with Crippen molar-refractivity contribution in [2.24, 2.45) is 4.99 Å². The van der Waals surface area contributed by atoms with Gasteiger partial charge in [-0.25, -0.2) is 4.99 Å². The molecule has 2 heterocycles. The van der Waals surface area contributed by atoms with Gasteiger partial charge in [-0.3, -0.25) is 4.79 Å². The number of amides is 1. The quantitative estimate of drug-likeness (QED) is 0.341. The molecule has 2 aliphatic heterocycles. The summed E-state index contributed by atoms with van der Waals surface area (Å²) in [5, 5.41) is 3.48. The summed E-state index contributed by atoms with van der Waals surface area (Å²) in [6.07, 6.45) is 2.81. The fraction of sp³-hybridized carbons (Fsp3) is 0.440. The van der Waals surface area contributed by atoms with Crippen LogP contribution >= 0.6 is 24.0 Å². The summed E-state index contributed by atoms with van der Waals surface area (Å²) >= 11 is 0. The lowest BCUT2D eigenvalue weighted by atomic mass is 9.99. The van der Waals surface area contributed by atoms with Gasteiger partial charge in [-0.2, -0.15) is 0 Å². The number of rotatable bonds is 6. The molecule has 0 spiro atoms. The largest absolute Gasteiger partial charge is 0.357 e. The van der Waals surface area contributed by atoms with E-state index in [0.29, 0.717) is 25.4 Å². The minimum atomic E-state index is 0. The number of guanidine groups is 1. The van der Waals surface area contributed by atoms with Crippen LogP contribution in [0.15, 0.2) is 59.6 Å². The summed E-state index contributed by atoms with van der Waals surface area (Å²) in [6.45, 7) is 7.19. The third-order valence-corrected chi connectivity index (χ3v) is 6.14. The molecule has 1 N–H and O–H groups in total. The van der Waals surface area contributed by atoms with E-state index in [1.807, 2.05) is 4.90 Å². The Morgan fingerprint density at radius 3 is 2.52 bits per heavy atom. The Hall–Kier alpha value is -2.09. The molecule has 1 amide bonds. The third-order valence-electron chi connectivity index (χ3n) is 6.14. The molecular formula is C25H33IN4O. The fourth-order valence-corrected chi connectivity index (χ4v) is 4.48. The van der Waals surface area contributed by atoms with Gasteiger partial charge in [0.15, 0.2) is 5.96 Å². The molecule has 1 atom stereocenters. The zero-order valence-electron chi connectivity index (χ0n) is 18.3. The van der Waals surface area contributed by atoms with Gasteiger partial charge in [0.2, 0.25) is 5.91 Å². The number of benzene rings is 2. The van der Waals surface area contributed by atoms with Gasteiger partial charge in [-0.1, -0.05) is 54.6 Å². The van der Waals surface area contributed by atoms with Gasteiger partial charge >= 0.3 is 0 Å². The molecule has 0 saturated carbocycles. The maximum atomic E-state index is 12.0. The molecule has 2 aliphatic rings. The average Bonchev–Trinajstić information content (AvgIpc) is 3.42. The standard InChI is InChI=1S/C25H32N4O.HI/c1-2-26-25(29-16-14-23(19-29)20-9-4-3-5-10-20)27-17-21-11-6-7-12-22(21)18-28-15-8-13-24(28)30;/h3-7,9-12,23H,2,8,13-19H2,1H3,(H,26,27);1H. The van der Waals surface area contributed by atoms with Crippen LogP contribution < -0.4 is 5.32 Å². The van der Waals surface area contributed by atoms with E-state index in [1.54, 1.807) is 0 Å². The maximum absolute atomic E-state index is 12.0. The molecule has 2 fully saturated rings. The Morgan fingerprint density at radius 1 is 1.06 bits per heavy atom. The number of hydrogen-bond acceptors (Lipinski definition) is 2. The Balaban J connectivity index is 0.00000272. The number of likely N-dealkylation sites (tertiary alicyclic amines) is 2. The zero-order valence-corrected chi connectivity index (χ0v) is 20.6. The van der Waals surface area contributed by atoms with Gasteiger partial charge in [0.05, 0.1) is 6.54 Å². The number of nitrogens with zero attached hydrogens (tertiary/aromatic N) is 3. The van der Waals surface area contributed by atoms with E-state index >= 15 is 0 Å². The van der Waals surface area contributed by atoms with Crippen molar-refractivity contribution in [3.63, 3.8) is 0 Å². The highest BCUT2D eigenvalue weighted by atomic mass is 127. The number of halogens is 1. The second-order valence-corrected chi connectivity index (χ2v) is 8.20. The first-order valence-corrected chi connectivity index (χ1v) is 11.2. The predicted molar refractivity (Wildman–Crippen MR) is 137 cm³/mol. The van der Waals surface area contributed by atoms with Gasteiger partial charge in [0, 0.05) is 45.1 Å². The lowest BCUT2D eigenvalue weighted by Crippen LogP contribution is -2.40. The van der Waals surface area contributed by atoms with Crippen molar-refractivity contribution in [2.45, 2.75) is 45.2 Å². The van der Waals surface area contributed by atoms with E-state index in [2.05, 4.69) is 71.7 Å². The van der Waals surface area contributed by atoms with Crippen LogP contribution in [0.2, 0.25) is 0 Å². The molecule has 4 rings (SSSR count). The molecule has 2 aromatic rings. The summed E-state index contributed by atoms with van der Waals surface area (Å²) in [5.41, 5.74) is 3.82. The minimum Gasteiger partial charge on any atom is -0.357 e. The Labute approximate surface area is 202 Å². The molecule has 5 nitrogen and oxygen atoms in total. The highest BCUT2D eigenvalue weighted by Gasteiger charge is 2.26. The van der Waals surface area contributed by atoms with Crippen LogP contribution in [-0.2, 0) is 17.9 Å². The molecular weight excluding hydrogens is 499 g/mol. The van der Waals surface area contributed by atoms with Gasteiger partial charge in [0.1, 0.15) is 0 Å². The highest BCUT2D eigenvalue weighted by Crippen LogP contribution is 2.27. The zero-order chi connectivity index (χ0) is 20.8. The minimum absolute atomic E-state index is 0. The molecule has 0 radical (unpaired) electrons. The topological polar surface area (TPSA) is 47.9 Å². The van der Waals surface area contributed by atoms with Crippen molar-refractivity contribution < 1.29 is 4.79 Å². The molecule has 0 aliphatic carbocycles. The van der Waals surface area contributed by atoms with Gasteiger partial charge in [-0.05, 0) is 36.5 Å². The second kappa shape index (κ2) is 11.5. The van der Waals surface area contributed by atoms with E-state index in [1.165, 1.54) is 16.7 Å². The Kier molecular flexibility index (Phi) is 8.75. The third kappa shape index (κ3) is 5.99. The highest BCUT2D eigenvalue weighted by molar-refractivity contribution is 14.0. The van der Waals surface area contributed by atoms with Crippen molar-refractivity contribution in [1.29, 1.82) is 0 Å². The van der Waals surface area contributed by atoms with Crippen LogP contribution in [0.25, 0.3) is 0 Å². The van der Waals surface area contributed by atoms with E-state index < -0.39 is 0 Å². The Morgan fingerprint density at radius 2 is 1.81 bits per heavy atom. The van der Waals surface area contributed by atoms with Crippen molar-refractivity contribution in [1.82, 2.24) is 15.1 Å². The van der Waals surface area contributed by atoms with Crippen molar-refractivity contribution in [2.75, 3.05) is 26.2 Å². The lowest BCUT2D eigenvalue weighted by Gasteiger charge is -2.22. The van der Waals surface area contributed by atoms with Gasteiger partial charge in [-0.15, -0.1) is 24.0 Å². The monoisotopic (exact) mass is 532 g/mol. The number of aliphatic imine (C=N–C) groups is 1. The van der Waals surface area contributed by atoms with Crippen LogP contribution in [0.1, 0.15) is 48.8 Å². The normalized spacial score (nSPS) is 18.9. The fourth-order valence-electron chi connectivity index (χ4n) is 4.48. The SMILES string of the molecule is CCNC(=NCc1ccccc1CN1CCCC1=O)N1CCC(c2ccccc2)C1.I. The summed E-state index contributed by atoms with van der Waals surface area (Å²) in [4.78, 5) is 21.4. The molecule has 2 saturated heterocycles. The summed E-state index contributed by atoms with van der Waals surface area (Å²) in [7, 11) is 0. The molecule has 1 unspecified atom stereocenters. The maximum Gasteiger partial charge on any atom is 0.222 e. The number of carbonyl (C=O) groups is 1. The molecule has 2 aromatic carbocycles. The van der Waals surface area contributed by atoms with E-state index in [4.69, 9.17) is 4.99 Å². The molecule has 31 heavy (non-hydrogen) atoms. The first kappa shape index (κ1) is 23.6.